The number of Topliss-reactive ketones (excluding diaryl/α,β-unsaturated/α-hetero) is 1. The molecule has 1 aliphatic carbocycles. The Kier molecular flexibility index (Phi) is 9.54. The van der Waals surface area contributed by atoms with Gasteiger partial charge in [0.1, 0.15) is 18.2 Å². The summed E-state index contributed by atoms with van der Waals surface area (Å²) in [5.74, 6) is -4.14. The number of amides is 2. The highest BCUT2D eigenvalue weighted by molar-refractivity contribution is 6.13. The molecule has 2 amide bonds. The zero-order valence-corrected chi connectivity index (χ0v) is 23.9. The zero-order valence-electron chi connectivity index (χ0n) is 23.9. The number of rotatable bonds is 11. The summed E-state index contributed by atoms with van der Waals surface area (Å²) in [5.41, 5.74) is 7.14. The standard InChI is InChI=1S/C30H37N3O8/c1-17(26(36)37)32-27(38)30(5,31)25(35)23(14-15-24(34)41-29(2,3)4)33-28(39)40-16-22-20-12-8-6-10-18(20)19-11-7-9-13-21(19)22/h6-13,17,22-23H,14-16,31H2,1-5H3,(H,32,38)(H,33,39)(H,36,37). The van der Waals surface area contributed by atoms with Gasteiger partial charge in [-0.2, -0.15) is 0 Å². The van der Waals surface area contributed by atoms with E-state index in [4.69, 9.17) is 20.3 Å². The molecule has 0 spiro atoms. The first-order valence-electron chi connectivity index (χ1n) is 13.3. The van der Waals surface area contributed by atoms with E-state index in [-0.39, 0.29) is 25.4 Å². The van der Waals surface area contributed by atoms with Crippen LogP contribution in [0.15, 0.2) is 48.5 Å². The molecule has 0 radical (unpaired) electrons. The Balaban J connectivity index is 1.75. The van der Waals surface area contributed by atoms with Gasteiger partial charge in [-0.1, -0.05) is 48.5 Å². The van der Waals surface area contributed by atoms with Gasteiger partial charge in [0.2, 0.25) is 5.91 Å². The molecule has 0 heterocycles. The Bertz CT molecular complexity index is 1290. The summed E-state index contributed by atoms with van der Waals surface area (Å²) in [6, 6.07) is 12.9. The van der Waals surface area contributed by atoms with Crippen LogP contribution in [0.2, 0.25) is 0 Å². The van der Waals surface area contributed by atoms with Crippen molar-refractivity contribution in [2.75, 3.05) is 6.61 Å². The molecule has 11 nitrogen and oxygen atoms in total. The van der Waals surface area contributed by atoms with Gasteiger partial charge in [0, 0.05) is 12.3 Å². The van der Waals surface area contributed by atoms with E-state index in [0.29, 0.717) is 0 Å². The zero-order chi connectivity index (χ0) is 30.5. The Morgan fingerprint density at radius 3 is 1.98 bits per heavy atom. The summed E-state index contributed by atoms with van der Waals surface area (Å²) < 4.78 is 10.8. The fourth-order valence-electron chi connectivity index (χ4n) is 4.59. The number of fused-ring (bicyclic) bond motifs is 3. The van der Waals surface area contributed by atoms with Crippen LogP contribution in [0, 0.1) is 0 Å². The molecule has 0 aliphatic heterocycles. The number of carboxylic acid groups (broad SMARTS) is 1. The quantitative estimate of drug-likeness (QED) is 0.235. The number of ketones is 1. The lowest BCUT2D eigenvalue weighted by Crippen LogP contribution is -2.64. The van der Waals surface area contributed by atoms with E-state index in [1.54, 1.807) is 20.8 Å². The van der Waals surface area contributed by atoms with Crippen LogP contribution in [0.4, 0.5) is 4.79 Å². The Labute approximate surface area is 238 Å². The third-order valence-electron chi connectivity index (χ3n) is 6.71. The number of carbonyl (C=O) groups is 5. The third-order valence-corrected chi connectivity index (χ3v) is 6.71. The van der Waals surface area contributed by atoms with Gasteiger partial charge in [-0.15, -0.1) is 0 Å². The lowest BCUT2D eigenvalue weighted by atomic mass is 9.89. The second-order valence-corrected chi connectivity index (χ2v) is 11.2. The number of aliphatic carboxylic acids is 1. The average molecular weight is 568 g/mol. The predicted octanol–water partition coefficient (Wildman–Crippen LogP) is 2.89. The summed E-state index contributed by atoms with van der Waals surface area (Å²) in [7, 11) is 0. The average Bonchev–Trinajstić information content (AvgIpc) is 3.21. The van der Waals surface area contributed by atoms with Crippen LogP contribution >= 0.6 is 0 Å². The van der Waals surface area contributed by atoms with E-state index < -0.39 is 52.9 Å². The molecule has 2 aromatic carbocycles. The van der Waals surface area contributed by atoms with Crippen LogP contribution in [-0.2, 0) is 28.7 Å². The van der Waals surface area contributed by atoms with Crippen LogP contribution in [0.5, 0.6) is 0 Å². The normalized spacial score (nSPS) is 15.4. The van der Waals surface area contributed by atoms with Crippen molar-refractivity contribution in [3.63, 3.8) is 0 Å². The fraction of sp³-hybridized carbons (Fsp3) is 0.433. The number of nitrogens with two attached hydrogens (primary N) is 1. The second kappa shape index (κ2) is 12.5. The monoisotopic (exact) mass is 567 g/mol. The minimum atomic E-state index is -2.22. The molecule has 3 unspecified atom stereocenters. The summed E-state index contributed by atoms with van der Waals surface area (Å²) in [6.07, 6.45) is -1.43. The topological polar surface area (TPSA) is 174 Å². The maximum absolute atomic E-state index is 13.4. The van der Waals surface area contributed by atoms with Crippen molar-refractivity contribution >= 4 is 29.7 Å². The number of hydrogen-bond acceptors (Lipinski definition) is 8. The predicted molar refractivity (Wildman–Crippen MR) is 150 cm³/mol. The number of carbonyl (C=O) groups excluding carboxylic acids is 4. The van der Waals surface area contributed by atoms with Crippen LogP contribution in [0.25, 0.3) is 11.1 Å². The largest absolute Gasteiger partial charge is 0.480 e. The van der Waals surface area contributed by atoms with Crippen molar-refractivity contribution < 1.29 is 38.6 Å². The molecular formula is C30H37N3O8. The fourth-order valence-corrected chi connectivity index (χ4v) is 4.59. The number of carboxylic acids is 1. The smallest absolute Gasteiger partial charge is 0.407 e. The first-order valence-corrected chi connectivity index (χ1v) is 13.3. The Morgan fingerprint density at radius 1 is 0.927 bits per heavy atom. The van der Waals surface area contributed by atoms with Crippen molar-refractivity contribution in [2.45, 2.75) is 76.6 Å². The molecule has 0 bridgehead atoms. The van der Waals surface area contributed by atoms with Gasteiger partial charge in [-0.05, 0) is 63.3 Å². The van der Waals surface area contributed by atoms with Gasteiger partial charge < -0.3 is 30.9 Å². The van der Waals surface area contributed by atoms with Crippen molar-refractivity contribution in [1.29, 1.82) is 0 Å². The summed E-state index contributed by atoms with van der Waals surface area (Å²) in [5, 5.41) is 13.7. The highest BCUT2D eigenvalue weighted by atomic mass is 16.6. The molecular weight excluding hydrogens is 530 g/mol. The van der Waals surface area contributed by atoms with Gasteiger partial charge in [-0.25, -0.2) is 4.79 Å². The minimum absolute atomic E-state index is 0.0245. The second-order valence-electron chi connectivity index (χ2n) is 11.2. The molecule has 0 aromatic heterocycles. The molecule has 3 atom stereocenters. The van der Waals surface area contributed by atoms with Gasteiger partial charge in [0.05, 0.1) is 6.04 Å². The molecule has 0 fully saturated rings. The molecule has 2 aromatic rings. The number of esters is 1. The van der Waals surface area contributed by atoms with E-state index in [2.05, 4.69) is 10.6 Å². The van der Waals surface area contributed by atoms with Crippen molar-refractivity contribution in [1.82, 2.24) is 10.6 Å². The molecule has 11 heteroatoms. The van der Waals surface area contributed by atoms with Crippen molar-refractivity contribution in [3.8, 4) is 11.1 Å². The van der Waals surface area contributed by atoms with Gasteiger partial charge in [0.25, 0.3) is 0 Å². The maximum atomic E-state index is 13.4. The number of hydrogen-bond donors (Lipinski definition) is 4. The molecule has 0 saturated heterocycles. The number of benzene rings is 2. The van der Waals surface area contributed by atoms with E-state index in [1.165, 1.54) is 6.92 Å². The molecule has 5 N–H and O–H groups in total. The molecule has 41 heavy (non-hydrogen) atoms. The summed E-state index contributed by atoms with van der Waals surface area (Å²) >= 11 is 0. The summed E-state index contributed by atoms with van der Waals surface area (Å²) in [6.45, 7) is 7.37. The SMILES string of the molecule is CC(NC(=O)C(C)(N)C(=O)C(CCC(=O)OC(C)(C)C)NC(=O)OCC1c2ccccc2-c2ccccc21)C(=O)O. The molecule has 1 aliphatic rings. The number of ether oxygens (including phenoxy) is 2. The Hall–Kier alpha value is -4.25. The van der Waals surface area contributed by atoms with Gasteiger partial charge >= 0.3 is 18.0 Å². The van der Waals surface area contributed by atoms with E-state index in [0.717, 1.165) is 29.2 Å². The number of alkyl carbamates (subject to hydrolysis) is 1. The van der Waals surface area contributed by atoms with E-state index in [1.807, 2.05) is 48.5 Å². The molecule has 220 valence electrons. The van der Waals surface area contributed by atoms with E-state index in [9.17, 15) is 24.0 Å². The van der Waals surface area contributed by atoms with Crippen molar-refractivity contribution in [2.24, 2.45) is 5.73 Å². The Morgan fingerprint density at radius 2 is 1.46 bits per heavy atom. The van der Waals surface area contributed by atoms with Gasteiger partial charge in [0.15, 0.2) is 11.3 Å². The van der Waals surface area contributed by atoms with Crippen molar-refractivity contribution in [3.05, 3.63) is 59.7 Å². The molecule has 3 rings (SSSR count). The van der Waals surface area contributed by atoms with Gasteiger partial charge in [-0.3, -0.25) is 19.2 Å². The highest BCUT2D eigenvalue weighted by Crippen LogP contribution is 2.44. The molecule has 0 saturated carbocycles. The maximum Gasteiger partial charge on any atom is 0.407 e. The first kappa shape index (κ1) is 31.3. The van der Waals surface area contributed by atoms with Crippen LogP contribution in [-0.4, -0.2) is 64.7 Å². The first-order chi connectivity index (χ1) is 19.1. The minimum Gasteiger partial charge on any atom is -0.480 e. The third kappa shape index (κ3) is 7.69. The lowest BCUT2D eigenvalue weighted by molar-refractivity contribution is -0.155. The lowest BCUT2D eigenvalue weighted by Gasteiger charge is -2.28. The van der Waals surface area contributed by atoms with Crippen LogP contribution in [0.1, 0.15) is 64.5 Å². The van der Waals surface area contributed by atoms with Crippen LogP contribution < -0.4 is 16.4 Å². The highest BCUT2D eigenvalue weighted by Gasteiger charge is 2.43. The van der Waals surface area contributed by atoms with E-state index >= 15 is 0 Å². The van der Waals surface area contributed by atoms with Crippen LogP contribution in [0.3, 0.4) is 0 Å². The summed E-state index contributed by atoms with van der Waals surface area (Å²) in [4.78, 5) is 62.6. The number of nitrogens with one attached hydrogen (secondary N) is 2.